The predicted molar refractivity (Wildman–Crippen MR) is 78.9 cm³/mol. The Hall–Kier alpha value is -2.04. The standard InChI is InChI=1S/C15H22N2O3/c1-9-6-7-11(8-10(9)2)16-14(20)17-12(13(18)19)15(3,4)5/h6-8,12H,1-5H3,(H,18,19)(H2,16,17,20). The Bertz CT molecular complexity index is 518. The van der Waals surface area contributed by atoms with Crippen molar-refractivity contribution in [2.24, 2.45) is 5.41 Å². The van der Waals surface area contributed by atoms with Gasteiger partial charge < -0.3 is 15.7 Å². The molecule has 1 aromatic carbocycles. The third kappa shape index (κ3) is 4.26. The van der Waals surface area contributed by atoms with Crippen molar-refractivity contribution in [1.29, 1.82) is 0 Å². The Kier molecular flexibility index (Phi) is 4.76. The van der Waals surface area contributed by atoms with Crippen LogP contribution < -0.4 is 10.6 Å². The van der Waals surface area contributed by atoms with E-state index >= 15 is 0 Å². The van der Waals surface area contributed by atoms with E-state index in [1.807, 2.05) is 26.0 Å². The molecular weight excluding hydrogens is 256 g/mol. The summed E-state index contributed by atoms with van der Waals surface area (Å²) in [5.74, 6) is -1.05. The van der Waals surface area contributed by atoms with Gasteiger partial charge in [-0.25, -0.2) is 9.59 Å². The number of carbonyl (C=O) groups excluding carboxylic acids is 1. The summed E-state index contributed by atoms with van der Waals surface area (Å²) in [6, 6.07) is 4.07. The molecular formula is C15H22N2O3. The zero-order valence-corrected chi connectivity index (χ0v) is 12.6. The van der Waals surface area contributed by atoms with Crippen LogP contribution in [0, 0.1) is 19.3 Å². The summed E-state index contributed by atoms with van der Waals surface area (Å²) in [6.45, 7) is 9.24. The highest BCUT2D eigenvalue weighted by Crippen LogP contribution is 2.20. The molecule has 0 radical (unpaired) electrons. The van der Waals surface area contributed by atoms with E-state index in [2.05, 4.69) is 10.6 Å². The summed E-state index contributed by atoms with van der Waals surface area (Å²) < 4.78 is 0. The van der Waals surface area contributed by atoms with Crippen LogP contribution >= 0.6 is 0 Å². The van der Waals surface area contributed by atoms with Gasteiger partial charge in [0.05, 0.1) is 0 Å². The average molecular weight is 278 g/mol. The van der Waals surface area contributed by atoms with Gasteiger partial charge in [0.25, 0.3) is 0 Å². The second-order valence-corrected chi connectivity index (χ2v) is 6.03. The fourth-order valence-corrected chi connectivity index (χ4v) is 1.77. The molecule has 0 saturated heterocycles. The molecule has 5 heteroatoms. The van der Waals surface area contributed by atoms with Crippen molar-refractivity contribution in [3.8, 4) is 0 Å². The molecule has 1 unspecified atom stereocenters. The van der Waals surface area contributed by atoms with Gasteiger partial charge in [-0.1, -0.05) is 26.8 Å². The molecule has 5 nitrogen and oxygen atoms in total. The molecule has 3 N–H and O–H groups in total. The molecule has 0 aromatic heterocycles. The largest absolute Gasteiger partial charge is 0.480 e. The molecule has 0 aliphatic carbocycles. The van der Waals surface area contributed by atoms with E-state index in [0.717, 1.165) is 11.1 Å². The summed E-state index contributed by atoms with van der Waals surface area (Å²) in [6.07, 6.45) is 0. The zero-order chi connectivity index (χ0) is 15.5. The number of rotatable bonds is 3. The van der Waals surface area contributed by atoms with Crippen LogP contribution in [0.2, 0.25) is 0 Å². The van der Waals surface area contributed by atoms with Crippen LogP contribution in [-0.4, -0.2) is 23.1 Å². The summed E-state index contributed by atoms with van der Waals surface area (Å²) >= 11 is 0. The Balaban J connectivity index is 2.76. The first kappa shape index (κ1) is 16.0. The monoisotopic (exact) mass is 278 g/mol. The van der Waals surface area contributed by atoms with Crippen LogP contribution in [0.4, 0.5) is 10.5 Å². The number of aryl methyl sites for hydroxylation is 2. The van der Waals surface area contributed by atoms with Crippen molar-refractivity contribution in [2.45, 2.75) is 40.7 Å². The molecule has 0 saturated carbocycles. The number of urea groups is 1. The minimum atomic E-state index is -1.05. The minimum absolute atomic E-state index is 0.518. The summed E-state index contributed by atoms with van der Waals surface area (Å²) in [7, 11) is 0. The molecule has 0 fully saturated rings. The number of carboxylic acid groups (broad SMARTS) is 1. The highest BCUT2D eigenvalue weighted by molar-refractivity contribution is 5.92. The molecule has 0 spiro atoms. The Morgan fingerprint density at radius 2 is 1.75 bits per heavy atom. The minimum Gasteiger partial charge on any atom is -0.480 e. The van der Waals surface area contributed by atoms with Crippen LogP contribution in [0.5, 0.6) is 0 Å². The van der Waals surface area contributed by atoms with Crippen molar-refractivity contribution in [3.05, 3.63) is 29.3 Å². The predicted octanol–water partition coefficient (Wildman–Crippen LogP) is 2.92. The normalized spacial score (nSPS) is 12.7. The number of hydrogen-bond acceptors (Lipinski definition) is 2. The summed E-state index contributed by atoms with van der Waals surface area (Å²) in [5, 5.41) is 14.3. The fraction of sp³-hybridized carbons (Fsp3) is 0.467. The number of carbonyl (C=O) groups is 2. The SMILES string of the molecule is Cc1ccc(NC(=O)NC(C(=O)O)C(C)(C)C)cc1C. The molecule has 0 heterocycles. The van der Waals surface area contributed by atoms with Gasteiger partial charge in [0, 0.05) is 5.69 Å². The third-order valence-corrected chi connectivity index (χ3v) is 3.15. The maximum Gasteiger partial charge on any atom is 0.326 e. The van der Waals surface area contributed by atoms with Crippen molar-refractivity contribution in [1.82, 2.24) is 5.32 Å². The lowest BCUT2D eigenvalue weighted by atomic mass is 9.87. The molecule has 1 aromatic rings. The maximum absolute atomic E-state index is 11.9. The van der Waals surface area contributed by atoms with Gasteiger partial charge in [0.15, 0.2) is 0 Å². The van der Waals surface area contributed by atoms with Crippen molar-refractivity contribution in [2.75, 3.05) is 5.32 Å². The van der Waals surface area contributed by atoms with E-state index < -0.39 is 23.5 Å². The molecule has 20 heavy (non-hydrogen) atoms. The number of amides is 2. The Labute approximate surface area is 119 Å². The first-order valence-electron chi connectivity index (χ1n) is 6.49. The highest BCUT2D eigenvalue weighted by Gasteiger charge is 2.32. The lowest BCUT2D eigenvalue weighted by Gasteiger charge is -2.27. The number of hydrogen-bond donors (Lipinski definition) is 3. The third-order valence-electron chi connectivity index (χ3n) is 3.15. The topological polar surface area (TPSA) is 78.4 Å². The van der Waals surface area contributed by atoms with Gasteiger partial charge in [-0.3, -0.25) is 0 Å². The quantitative estimate of drug-likeness (QED) is 0.795. The summed E-state index contributed by atoms with van der Waals surface area (Å²) in [5.41, 5.74) is 2.28. The fourth-order valence-electron chi connectivity index (χ4n) is 1.77. The molecule has 0 aliphatic heterocycles. The molecule has 1 atom stereocenters. The van der Waals surface area contributed by atoms with E-state index in [0.29, 0.717) is 5.69 Å². The molecule has 0 bridgehead atoms. The number of benzene rings is 1. The molecule has 110 valence electrons. The van der Waals surface area contributed by atoms with E-state index in [1.165, 1.54) is 0 Å². The van der Waals surface area contributed by atoms with E-state index in [1.54, 1.807) is 26.8 Å². The van der Waals surface area contributed by atoms with Gasteiger partial charge in [0.1, 0.15) is 6.04 Å². The Morgan fingerprint density at radius 3 is 2.20 bits per heavy atom. The number of aliphatic carboxylic acids is 1. The molecule has 0 aliphatic rings. The first-order valence-corrected chi connectivity index (χ1v) is 6.49. The first-order chi connectivity index (χ1) is 9.11. The number of anilines is 1. The van der Waals surface area contributed by atoms with Crippen LogP contribution in [0.25, 0.3) is 0 Å². The lowest BCUT2D eigenvalue weighted by Crippen LogP contribution is -2.50. The second kappa shape index (κ2) is 5.94. The van der Waals surface area contributed by atoms with Crippen molar-refractivity contribution < 1.29 is 14.7 Å². The van der Waals surface area contributed by atoms with E-state index in [-0.39, 0.29) is 0 Å². The summed E-state index contributed by atoms with van der Waals surface area (Å²) in [4.78, 5) is 23.1. The van der Waals surface area contributed by atoms with Gasteiger partial charge in [0.2, 0.25) is 0 Å². The number of nitrogens with one attached hydrogen (secondary N) is 2. The average Bonchev–Trinajstić information content (AvgIpc) is 2.29. The van der Waals surface area contributed by atoms with Gasteiger partial charge >= 0.3 is 12.0 Å². The van der Waals surface area contributed by atoms with Crippen molar-refractivity contribution >= 4 is 17.7 Å². The Morgan fingerprint density at radius 1 is 1.15 bits per heavy atom. The van der Waals surface area contributed by atoms with Crippen LogP contribution in [-0.2, 0) is 4.79 Å². The number of carboxylic acids is 1. The second-order valence-electron chi connectivity index (χ2n) is 6.03. The van der Waals surface area contributed by atoms with Crippen LogP contribution in [0.3, 0.4) is 0 Å². The van der Waals surface area contributed by atoms with Crippen LogP contribution in [0.15, 0.2) is 18.2 Å². The smallest absolute Gasteiger partial charge is 0.326 e. The van der Waals surface area contributed by atoms with E-state index in [4.69, 9.17) is 5.11 Å². The molecule has 2 amide bonds. The van der Waals surface area contributed by atoms with Gasteiger partial charge in [-0.05, 0) is 42.5 Å². The molecule has 1 rings (SSSR count). The highest BCUT2D eigenvalue weighted by atomic mass is 16.4. The van der Waals surface area contributed by atoms with E-state index in [9.17, 15) is 9.59 Å². The zero-order valence-electron chi connectivity index (χ0n) is 12.6. The van der Waals surface area contributed by atoms with Gasteiger partial charge in [-0.2, -0.15) is 0 Å². The lowest BCUT2D eigenvalue weighted by molar-refractivity contribution is -0.141. The van der Waals surface area contributed by atoms with Crippen molar-refractivity contribution in [3.63, 3.8) is 0 Å². The van der Waals surface area contributed by atoms with Crippen LogP contribution in [0.1, 0.15) is 31.9 Å². The maximum atomic E-state index is 11.9. The van der Waals surface area contributed by atoms with Gasteiger partial charge in [-0.15, -0.1) is 0 Å².